The Hall–Kier alpha value is -4.95. The van der Waals surface area contributed by atoms with Crippen LogP contribution in [0.2, 0.25) is 0 Å². The Kier molecular flexibility index (Phi) is 8.59. The van der Waals surface area contributed by atoms with Crippen molar-refractivity contribution in [3.63, 3.8) is 0 Å². The van der Waals surface area contributed by atoms with Crippen molar-refractivity contribution in [2.75, 3.05) is 18.8 Å². The number of benzene rings is 2. The van der Waals surface area contributed by atoms with Gasteiger partial charge in [0.1, 0.15) is 35.0 Å². The first-order chi connectivity index (χ1) is 20.7. The van der Waals surface area contributed by atoms with Gasteiger partial charge in [-0.3, -0.25) is 18.8 Å². The maximum absolute atomic E-state index is 13.8. The second-order valence-electron chi connectivity index (χ2n) is 11.3. The number of ether oxygens (including phenoxy) is 1. The summed E-state index contributed by atoms with van der Waals surface area (Å²) in [7, 11) is 0. The summed E-state index contributed by atoms with van der Waals surface area (Å²) in [4.78, 5) is 37.7. The van der Waals surface area contributed by atoms with Crippen LogP contribution in [-0.2, 0) is 11.3 Å². The van der Waals surface area contributed by atoms with E-state index in [4.69, 9.17) is 10.5 Å². The van der Waals surface area contributed by atoms with E-state index in [-0.39, 0.29) is 23.6 Å². The first kappa shape index (κ1) is 29.5. The molecule has 0 spiro atoms. The zero-order valence-electron chi connectivity index (χ0n) is 24.7. The van der Waals surface area contributed by atoms with Crippen molar-refractivity contribution in [1.82, 2.24) is 29.3 Å². The number of carbonyl (C=O) groups excluding carboxylic acids is 1. The third-order valence-electron chi connectivity index (χ3n) is 7.67. The van der Waals surface area contributed by atoms with Gasteiger partial charge in [0, 0.05) is 18.1 Å². The summed E-state index contributed by atoms with van der Waals surface area (Å²) in [5, 5.41) is 12.7. The van der Waals surface area contributed by atoms with Crippen LogP contribution in [0.25, 0.3) is 16.9 Å². The van der Waals surface area contributed by atoms with Gasteiger partial charge in [-0.05, 0) is 89.2 Å². The Balaban J connectivity index is 1.38. The number of para-hydroxylation sites is 1. The van der Waals surface area contributed by atoms with Gasteiger partial charge in [0.2, 0.25) is 0 Å². The van der Waals surface area contributed by atoms with E-state index in [9.17, 15) is 14.9 Å². The third kappa shape index (κ3) is 6.44. The molecule has 2 aromatic carbocycles. The molecule has 222 valence electrons. The molecule has 43 heavy (non-hydrogen) atoms. The van der Waals surface area contributed by atoms with Crippen LogP contribution in [0.15, 0.2) is 77.4 Å². The maximum atomic E-state index is 13.8. The van der Waals surface area contributed by atoms with Crippen molar-refractivity contribution < 1.29 is 9.53 Å². The molecule has 1 fully saturated rings. The van der Waals surface area contributed by atoms with E-state index in [2.05, 4.69) is 26.3 Å². The average molecular weight is 581 g/mol. The Labute approximate surface area is 250 Å². The van der Waals surface area contributed by atoms with E-state index in [0.29, 0.717) is 28.4 Å². The number of nitrogens with two attached hydrogens (primary N) is 1. The Bertz CT molecular complexity index is 1730. The molecule has 11 heteroatoms. The number of carbonyl (C=O) groups is 1. The topological polar surface area (TPSA) is 144 Å². The maximum Gasteiger partial charge on any atom is 0.335 e. The highest BCUT2D eigenvalue weighted by atomic mass is 16.5. The van der Waals surface area contributed by atoms with E-state index >= 15 is 0 Å². The van der Waals surface area contributed by atoms with Crippen LogP contribution >= 0.6 is 0 Å². The van der Waals surface area contributed by atoms with Gasteiger partial charge >= 0.3 is 5.69 Å². The summed E-state index contributed by atoms with van der Waals surface area (Å²) in [6, 6.07) is 18.0. The van der Waals surface area contributed by atoms with Gasteiger partial charge in [-0.25, -0.2) is 14.8 Å². The molecule has 1 saturated heterocycles. The van der Waals surface area contributed by atoms with Gasteiger partial charge in [0.05, 0.1) is 5.69 Å². The second-order valence-corrected chi connectivity index (χ2v) is 11.3. The fourth-order valence-electron chi connectivity index (χ4n) is 5.48. The normalized spacial score (nSPS) is 15.2. The van der Waals surface area contributed by atoms with Gasteiger partial charge in [-0.1, -0.05) is 24.6 Å². The number of anilines is 1. The smallest absolute Gasteiger partial charge is 0.335 e. The van der Waals surface area contributed by atoms with Crippen LogP contribution in [0, 0.1) is 11.3 Å². The quantitative estimate of drug-likeness (QED) is 0.222. The number of rotatable bonds is 9. The number of nitrogen functional groups attached to an aromatic ring is 1. The zero-order chi connectivity index (χ0) is 30.6. The molecule has 0 radical (unpaired) electrons. The molecule has 5 rings (SSSR count). The number of amides is 1. The molecule has 1 aliphatic heterocycles. The van der Waals surface area contributed by atoms with E-state index in [1.54, 1.807) is 37.3 Å². The van der Waals surface area contributed by atoms with E-state index in [1.807, 2.05) is 44.2 Å². The van der Waals surface area contributed by atoms with Crippen LogP contribution < -0.4 is 21.5 Å². The molecular formula is C32H36N8O3. The third-order valence-corrected chi connectivity index (χ3v) is 7.67. The van der Waals surface area contributed by atoms with E-state index < -0.39 is 17.5 Å². The van der Waals surface area contributed by atoms with E-state index in [0.717, 1.165) is 25.9 Å². The summed E-state index contributed by atoms with van der Waals surface area (Å²) in [6.45, 7) is 7.78. The highest BCUT2D eigenvalue weighted by Crippen LogP contribution is 2.26. The van der Waals surface area contributed by atoms with Gasteiger partial charge in [0.15, 0.2) is 11.5 Å². The number of nitrogens with zero attached hydrogens (tertiary/aromatic N) is 6. The fourth-order valence-corrected chi connectivity index (χ4v) is 5.48. The molecule has 11 nitrogen and oxygen atoms in total. The summed E-state index contributed by atoms with van der Waals surface area (Å²) in [5.74, 6) is 0.969. The highest BCUT2D eigenvalue weighted by molar-refractivity contribution is 5.97. The molecule has 0 saturated carbocycles. The van der Waals surface area contributed by atoms with Crippen LogP contribution in [0.3, 0.4) is 0 Å². The van der Waals surface area contributed by atoms with Crippen molar-refractivity contribution in [3.05, 3.63) is 83.1 Å². The summed E-state index contributed by atoms with van der Waals surface area (Å²) >= 11 is 0. The molecule has 0 aliphatic carbocycles. The number of fused-ring (bicyclic) bond motifs is 1. The minimum absolute atomic E-state index is 0.0431. The summed E-state index contributed by atoms with van der Waals surface area (Å²) in [6.07, 6.45) is 6.43. The molecule has 1 aliphatic rings. The molecule has 3 N–H and O–H groups in total. The minimum Gasteiger partial charge on any atom is -0.457 e. The second kappa shape index (κ2) is 12.5. The van der Waals surface area contributed by atoms with Gasteiger partial charge in [-0.2, -0.15) is 5.26 Å². The van der Waals surface area contributed by atoms with E-state index in [1.165, 1.54) is 21.9 Å². The van der Waals surface area contributed by atoms with Crippen LogP contribution in [-0.4, -0.2) is 54.6 Å². The largest absolute Gasteiger partial charge is 0.457 e. The van der Waals surface area contributed by atoms with Gasteiger partial charge < -0.3 is 15.8 Å². The number of hydrogen-bond donors (Lipinski definition) is 2. The lowest BCUT2D eigenvalue weighted by molar-refractivity contribution is -0.117. The lowest BCUT2D eigenvalue weighted by atomic mass is 9.95. The predicted octanol–water partition coefficient (Wildman–Crippen LogP) is 4.18. The van der Waals surface area contributed by atoms with Crippen molar-refractivity contribution >= 4 is 22.9 Å². The predicted molar refractivity (Wildman–Crippen MR) is 165 cm³/mol. The number of imidazole rings is 1. The Morgan fingerprint density at radius 3 is 2.44 bits per heavy atom. The molecule has 0 unspecified atom stereocenters. The number of likely N-dealkylation sites (tertiary alicyclic amines) is 1. The first-order valence-electron chi connectivity index (χ1n) is 14.4. The molecule has 1 amide bonds. The Morgan fingerprint density at radius 1 is 1.09 bits per heavy atom. The molecule has 2 aromatic heterocycles. The van der Waals surface area contributed by atoms with Crippen LogP contribution in [0.4, 0.5) is 5.82 Å². The zero-order valence-corrected chi connectivity index (χ0v) is 24.7. The average Bonchev–Trinajstić information content (AvgIpc) is 3.29. The highest BCUT2D eigenvalue weighted by Gasteiger charge is 2.28. The van der Waals surface area contributed by atoms with Crippen molar-refractivity contribution in [2.24, 2.45) is 0 Å². The number of piperidine rings is 1. The molecule has 1 atom stereocenters. The first-order valence-corrected chi connectivity index (χ1v) is 14.4. The number of nitrogens with one attached hydrogen (secondary N) is 1. The molecule has 3 heterocycles. The van der Waals surface area contributed by atoms with Gasteiger partial charge in [-0.15, -0.1) is 0 Å². The van der Waals surface area contributed by atoms with Crippen molar-refractivity contribution in [2.45, 2.75) is 58.2 Å². The van der Waals surface area contributed by atoms with Gasteiger partial charge in [0.25, 0.3) is 5.91 Å². The standard InChI is InChI=1S/C32H36N8O3/c1-22(37-30(41)23(19-33)18-32(2,3)38-16-8-5-9-17-38)20-39-29-27(28(34)35-21-36-29)40(31(39)42)24-12-14-26(15-13-24)43-25-10-6-4-7-11-25/h4,6-7,10-15,18,21-22H,5,8-9,16-17,20H2,1-3H3,(H,37,41)(H2,34,35,36)/b23-18+/t22-/m0/s1. The summed E-state index contributed by atoms with van der Waals surface area (Å²) in [5.41, 5.74) is 6.71. The lowest BCUT2D eigenvalue weighted by Crippen LogP contribution is -2.46. The Morgan fingerprint density at radius 2 is 1.77 bits per heavy atom. The number of nitriles is 1. The van der Waals surface area contributed by atoms with Crippen molar-refractivity contribution in [1.29, 1.82) is 5.26 Å². The SMILES string of the molecule is C[C@@H](Cn1c(=O)n(-c2ccc(Oc3ccccc3)cc2)c2c(N)ncnc21)NC(=O)/C(C#N)=C/C(C)(C)N1CCCCC1. The minimum atomic E-state index is -0.503. The summed E-state index contributed by atoms with van der Waals surface area (Å²) < 4.78 is 8.80. The monoisotopic (exact) mass is 580 g/mol. The fraction of sp³-hybridized carbons (Fsp3) is 0.344. The lowest BCUT2D eigenvalue weighted by Gasteiger charge is -2.39. The molecule has 4 aromatic rings. The molecular weight excluding hydrogens is 544 g/mol. The molecule has 0 bridgehead atoms. The number of hydrogen-bond acceptors (Lipinski definition) is 8. The number of aromatic nitrogens is 4. The van der Waals surface area contributed by atoms with Crippen LogP contribution in [0.5, 0.6) is 11.5 Å². The van der Waals surface area contributed by atoms with Crippen molar-refractivity contribution in [3.8, 4) is 23.3 Å². The van der Waals surface area contributed by atoms with Crippen LogP contribution in [0.1, 0.15) is 40.0 Å².